The van der Waals surface area contributed by atoms with Crippen molar-refractivity contribution in [2.75, 3.05) is 10.6 Å². The van der Waals surface area contributed by atoms with Crippen molar-refractivity contribution in [3.63, 3.8) is 0 Å². The van der Waals surface area contributed by atoms with Gasteiger partial charge in [0.15, 0.2) is 5.11 Å². The molecule has 2 N–H and O–H groups in total. The molecule has 0 unspecified atom stereocenters. The van der Waals surface area contributed by atoms with E-state index in [1.165, 1.54) is 29.5 Å². The standard InChI is InChI=1S/C21H28N2S/c1-4-7-9-16-12-14-19(15-13-16)22-21(24)23-20-17(5-2)10-8-11-18(20)6-3/h8,10-15H,4-7,9H2,1-3H3,(H2,22,23,24). The molecule has 0 radical (unpaired) electrons. The fraction of sp³-hybridized carbons (Fsp3) is 0.381. The summed E-state index contributed by atoms with van der Waals surface area (Å²) in [5.74, 6) is 0. The number of para-hydroxylation sites is 1. The first-order chi connectivity index (χ1) is 11.7. The molecule has 2 aromatic rings. The van der Waals surface area contributed by atoms with Gasteiger partial charge in [0.1, 0.15) is 0 Å². The van der Waals surface area contributed by atoms with Crippen molar-refractivity contribution in [3.05, 3.63) is 59.2 Å². The molecular weight excluding hydrogens is 312 g/mol. The SMILES string of the molecule is CCCCc1ccc(NC(=S)Nc2c(CC)cccc2CC)cc1. The Morgan fingerprint density at radius 2 is 1.50 bits per heavy atom. The van der Waals surface area contributed by atoms with Crippen molar-refractivity contribution in [2.45, 2.75) is 52.9 Å². The van der Waals surface area contributed by atoms with Gasteiger partial charge in [-0.05, 0) is 66.7 Å². The fourth-order valence-electron chi connectivity index (χ4n) is 2.81. The number of hydrogen-bond donors (Lipinski definition) is 2. The van der Waals surface area contributed by atoms with E-state index in [2.05, 4.69) is 73.9 Å². The van der Waals surface area contributed by atoms with E-state index in [1.54, 1.807) is 0 Å². The van der Waals surface area contributed by atoms with Crippen molar-refractivity contribution in [3.8, 4) is 0 Å². The van der Waals surface area contributed by atoms with Gasteiger partial charge in [-0.15, -0.1) is 0 Å². The van der Waals surface area contributed by atoms with Gasteiger partial charge in [-0.1, -0.05) is 57.5 Å². The average Bonchev–Trinajstić information content (AvgIpc) is 2.61. The second-order valence-electron chi connectivity index (χ2n) is 6.04. The highest BCUT2D eigenvalue weighted by molar-refractivity contribution is 7.80. The van der Waals surface area contributed by atoms with E-state index in [0.717, 1.165) is 30.6 Å². The van der Waals surface area contributed by atoms with Gasteiger partial charge in [0, 0.05) is 11.4 Å². The summed E-state index contributed by atoms with van der Waals surface area (Å²) in [6, 6.07) is 15.0. The molecule has 0 spiro atoms. The largest absolute Gasteiger partial charge is 0.332 e. The summed E-state index contributed by atoms with van der Waals surface area (Å²) in [5, 5.41) is 7.34. The molecule has 2 aromatic carbocycles. The van der Waals surface area contributed by atoms with Crippen LogP contribution < -0.4 is 10.6 Å². The van der Waals surface area contributed by atoms with E-state index < -0.39 is 0 Å². The van der Waals surface area contributed by atoms with Crippen LogP contribution in [0.4, 0.5) is 11.4 Å². The lowest BCUT2D eigenvalue weighted by Crippen LogP contribution is -2.20. The van der Waals surface area contributed by atoms with E-state index in [0.29, 0.717) is 5.11 Å². The van der Waals surface area contributed by atoms with Crippen LogP contribution in [-0.2, 0) is 19.3 Å². The third kappa shape index (κ3) is 5.07. The molecule has 0 heterocycles. The van der Waals surface area contributed by atoms with Crippen LogP contribution in [0, 0.1) is 0 Å². The zero-order valence-corrected chi connectivity index (χ0v) is 15.8. The lowest BCUT2D eigenvalue weighted by Gasteiger charge is -2.17. The third-order valence-corrected chi connectivity index (χ3v) is 4.47. The first kappa shape index (κ1) is 18.5. The first-order valence-electron chi connectivity index (χ1n) is 8.95. The zero-order chi connectivity index (χ0) is 17.4. The average molecular weight is 341 g/mol. The number of unbranched alkanes of at least 4 members (excludes halogenated alkanes) is 1. The van der Waals surface area contributed by atoms with Gasteiger partial charge in [-0.25, -0.2) is 0 Å². The van der Waals surface area contributed by atoms with Gasteiger partial charge in [0.05, 0.1) is 0 Å². The van der Waals surface area contributed by atoms with Crippen molar-refractivity contribution in [1.82, 2.24) is 0 Å². The molecule has 0 saturated heterocycles. The number of nitrogens with one attached hydrogen (secondary N) is 2. The summed E-state index contributed by atoms with van der Waals surface area (Å²) in [5.41, 5.74) is 6.16. The highest BCUT2D eigenvalue weighted by Crippen LogP contribution is 2.23. The number of anilines is 2. The van der Waals surface area contributed by atoms with E-state index >= 15 is 0 Å². The highest BCUT2D eigenvalue weighted by atomic mass is 32.1. The van der Waals surface area contributed by atoms with E-state index in [1.807, 2.05) is 0 Å². The maximum Gasteiger partial charge on any atom is 0.175 e. The van der Waals surface area contributed by atoms with Crippen LogP contribution in [0.15, 0.2) is 42.5 Å². The molecule has 0 aromatic heterocycles. The molecule has 2 rings (SSSR count). The Morgan fingerprint density at radius 3 is 2.04 bits per heavy atom. The van der Waals surface area contributed by atoms with Gasteiger partial charge >= 0.3 is 0 Å². The Labute approximate surface area is 151 Å². The van der Waals surface area contributed by atoms with Crippen molar-refractivity contribution >= 4 is 28.7 Å². The maximum atomic E-state index is 5.51. The van der Waals surface area contributed by atoms with Crippen molar-refractivity contribution in [2.24, 2.45) is 0 Å². The molecule has 0 fully saturated rings. The van der Waals surface area contributed by atoms with E-state index in [4.69, 9.17) is 12.2 Å². The van der Waals surface area contributed by atoms with Crippen molar-refractivity contribution < 1.29 is 0 Å². The molecular formula is C21H28N2S. The number of benzene rings is 2. The second kappa shape index (κ2) is 9.43. The summed E-state index contributed by atoms with van der Waals surface area (Å²) in [4.78, 5) is 0. The second-order valence-corrected chi connectivity index (χ2v) is 6.45. The molecule has 0 aliphatic rings. The monoisotopic (exact) mass is 340 g/mol. The van der Waals surface area contributed by atoms with Crippen LogP contribution >= 0.6 is 12.2 Å². The Balaban J connectivity index is 2.03. The predicted molar refractivity (Wildman–Crippen MR) is 110 cm³/mol. The van der Waals surface area contributed by atoms with Crippen LogP contribution in [-0.4, -0.2) is 5.11 Å². The number of rotatable bonds is 7. The third-order valence-electron chi connectivity index (χ3n) is 4.27. The highest BCUT2D eigenvalue weighted by Gasteiger charge is 2.08. The topological polar surface area (TPSA) is 24.1 Å². The first-order valence-corrected chi connectivity index (χ1v) is 9.36. The van der Waals surface area contributed by atoms with Crippen LogP contribution in [0.2, 0.25) is 0 Å². The summed E-state index contributed by atoms with van der Waals surface area (Å²) in [6.07, 6.45) is 5.59. The molecule has 0 saturated carbocycles. The van der Waals surface area contributed by atoms with Crippen molar-refractivity contribution in [1.29, 1.82) is 0 Å². The minimum absolute atomic E-state index is 0.645. The summed E-state index contributed by atoms with van der Waals surface area (Å²) < 4.78 is 0. The minimum Gasteiger partial charge on any atom is -0.332 e. The van der Waals surface area contributed by atoms with Gasteiger partial charge in [-0.2, -0.15) is 0 Å². The predicted octanol–water partition coefficient (Wildman–Crippen LogP) is 5.96. The zero-order valence-electron chi connectivity index (χ0n) is 15.0. The Bertz CT molecular complexity index is 640. The van der Waals surface area contributed by atoms with Gasteiger partial charge in [-0.3, -0.25) is 0 Å². The molecule has 0 aliphatic heterocycles. The lowest BCUT2D eigenvalue weighted by atomic mass is 10.0. The summed E-state index contributed by atoms with van der Waals surface area (Å²) in [7, 11) is 0. The lowest BCUT2D eigenvalue weighted by molar-refractivity contribution is 0.795. The fourth-order valence-corrected chi connectivity index (χ4v) is 3.03. The van der Waals surface area contributed by atoms with Crippen LogP contribution in [0.3, 0.4) is 0 Å². The van der Waals surface area contributed by atoms with Gasteiger partial charge in [0.2, 0.25) is 0 Å². The van der Waals surface area contributed by atoms with E-state index in [-0.39, 0.29) is 0 Å². The van der Waals surface area contributed by atoms with Gasteiger partial charge < -0.3 is 10.6 Å². The Morgan fingerprint density at radius 1 is 0.875 bits per heavy atom. The molecule has 2 nitrogen and oxygen atoms in total. The molecule has 0 atom stereocenters. The number of thiocarbonyl (C=S) groups is 1. The summed E-state index contributed by atoms with van der Waals surface area (Å²) >= 11 is 5.51. The molecule has 0 amide bonds. The van der Waals surface area contributed by atoms with Crippen LogP contribution in [0.5, 0.6) is 0 Å². The van der Waals surface area contributed by atoms with Crippen LogP contribution in [0.25, 0.3) is 0 Å². The normalized spacial score (nSPS) is 10.5. The molecule has 128 valence electrons. The number of aryl methyl sites for hydroxylation is 3. The Hall–Kier alpha value is -1.87. The number of hydrogen-bond acceptors (Lipinski definition) is 1. The van der Waals surface area contributed by atoms with Gasteiger partial charge in [0.25, 0.3) is 0 Å². The van der Waals surface area contributed by atoms with Crippen LogP contribution in [0.1, 0.15) is 50.3 Å². The smallest absolute Gasteiger partial charge is 0.175 e. The molecule has 24 heavy (non-hydrogen) atoms. The summed E-state index contributed by atoms with van der Waals surface area (Å²) in [6.45, 7) is 6.57. The maximum absolute atomic E-state index is 5.51. The Kier molecular flexibility index (Phi) is 7.26. The molecule has 0 aliphatic carbocycles. The van der Waals surface area contributed by atoms with E-state index in [9.17, 15) is 0 Å². The molecule has 0 bridgehead atoms. The minimum atomic E-state index is 0.645. The molecule has 3 heteroatoms. The quantitative estimate of drug-likeness (QED) is 0.608.